The number of hydrogen-bond donors (Lipinski definition) is 1. The van der Waals surface area contributed by atoms with E-state index in [-0.39, 0.29) is 18.2 Å². The van der Waals surface area contributed by atoms with Crippen molar-refractivity contribution in [2.24, 2.45) is 7.05 Å². The third kappa shape index (κ3) is 5.36. The lowest BCUT2D eigenvalue weighted by atomic mass is 9.86. The Morgan fingerprint density at radius 1 is 1.18 bits per heavy atom. The summed E-state index contributed by atoms with van der Waals surface area (Å²) < 4.78 is 7.36. The molecule has 2 aliphatic carbocycles. The number of fused-ring (bicyclic) bond motifs is 1. The van der Waals surface area contributed by atoms with E-state index in [4.69, 9.17) is 4.74 Å². The van der Waals surface area contributed by atoms with Gasteiger partial charge in [-0.2, -0.15) is 5.10 Å². The molecule has 0 spiro atoms. The van der Waals surface area contributed by atoms with Gasteiger partial charge in [0.05, 0.1) is 23.5 Å². The minimum absolute atomic E-state index is 0.0972. The number of amides is 1. The minimum Gasteiger partial charge on any atom is -0.379 e. The number of carbonyl (C=O) groups is 2. The number of rotatable bonds is 9. The second-order valence-electron chi connectivity index (χ2n) is 11.8. The quantitative estimate of drug-likeness (QED) is 0.496. The van der Waals surface area contributed by atoms with Crippen LogP contribution in [0.15, 0.2) is 35.1 Å². The molecule has 5 rings (SSSR count). The van der Waals surface area contributed by atoms with Crippen LogP contribution in [0.3, 0.4) is 0 Å². The van der Waals surface area contributed by atoms with Crippen molar-refractivity contribution in [1.82, 2.24) is 20.0 Å². The Bertz CT molecular complexity index is 1340. The Hall–Kier alpha value is -2.97. The van der Waals surface area contributed by atoms with Gasteiger partial charge in [0.1, 0.15) is 0 Å². The number of likely N-dealkylation sites (tertiary alicyclic amines) is 1. The summed E-state index contributed by atoms with van der Waals surface area (Å²) in [6.07, 6.45) is 10.2. The van der Waals surface area contributed by atoms with Crippen LogP contribution in [0.5, 0.6) is 0 Å². The average molecular weight is 548 g/mol. The van der Waals surface area contributed by atoms with Gasteiger partial charge in [-0.3, -0.25) is 19.2 Å². The van der Waals surface area contributed by atoms with E-state index in [2.05, 4.69) is 34.1 Å². The molecule has 0 radical (unpaired) electrons. The molecule has 2 fully saturated rings. The number of Topliss-reactive ketones (excluding diaryl/α,β-unsaturated/α-hetero) is 1. The standard InChI is InChI=1S/C32H45N5O3/c1-7-25-26(32(39)33-16-27-21(4)13-20(3)14-30(27)38)15-29-28(17-34-35(29)5)31(25)37(8-2)23-11-9-22(10-12-23)36-18-24(19-36)40-6/h13,15,17,22-24H,7-12,14,16,18-19H2,1-6H3,(H,33,39). The van der Waals surface area contributed by atoms with Crippen molar-refractivity contribution in [3.8, 4) is 0 Å². The van der Waals surface area contributed by atoms with Gasteiger partial charge in [0.25, 0.3) is 5.91 Å². The summed E-state index contributed by atoms with van der Waals surface area (Å²) in [6.45, 7) is 11.5. The molecule has 1 saturated heterocycles. The average Bonchev–Trinajstić information content (AvgIpc) is 3.28. The lowest BCUT2D eigenvalue weighted by Crippen LogP contribution is -2.57. The fourth-order valence-corrected chi connectivity index (χ4v) is 7.04. The number of methoxy groups -OCH3 is 1. The number of ketones is 1. The molecular formula is C32H45N5O3. The van der Waals surface area contributed by atoms with Crippen molar-refractivity contribution >= 4 is 28.3 Å². The van der Waals surface area contributed by atoms with Crippen LogP contribution < -0.4 is 10.2 Å². The van der Waals surface area contributed by atoms with Crippen LogP contribution >= 0.6 is 0 Å². The Balaban J connectivity index is 1.42. The molecule has 8 nitrogen and oxygen atoms in total. The zero-order chi connectivity index (χ0) is 28.6. The highest BCUT2D eigenvalue weighted by Crippen LogP contribution is 2.39. The summed E-state index contributed by atoms with van der Waals surface area (Å²) >= 11 is 0. The van der Waals surface area contributed by atoms with Gasteiger partial charge in [-0.25, -0.2) is 0 Å². The number of aryl methyl sites for hydroxylation is 1. The molecule has 40 heavy (non-hydrogen) atoms. The Morgan fingerprint density at radius 3 is 2.52 bits per heavy atom. The summed E-state index contributed by atoms with van der Waals surface area (Å²) in [4.78, 5) is 31.5. The highest BCUT2D eigenvalue weighted by atomic mass is 16.5. The molecule has 216 valence electrons. The van der Waals surface area contributed by atoms with Crippen LogP contribution in [0.25, 0.3) is 10.9 Å². The van der Waals surface area contributed by atoms with Gasteiger partial charge >= 0.3 is 0 Å². The molecule has 0 bridgehead atoms. The SMILES string of the molecule is CCc1c(C(=O)NCC2=C(C)C=C(C)CC2=O)cc2c(cnn2C)c1N(CC)C1CCC(N2CC(OC)C2)CC1. The molecule has 2 heterocycles. The van der Waals surface area contributed by atoms with Gasteiger partial charge in [0.15, 0.2) is 5.78 Å². The van der Waals surface area contributed by atoms with E-state index in [1.807, 2.05) is 51.0 Å². The molecule has 1 saturated carbocycles. The van der Waals surface area contributed by atoms with Gasteiger partial charge in [-0.1, -0.05) is 18.6 Å². The van der Waals surface area contributed by atoms with E-state index < -0.39 is 0 Å². The second-order valence-corrected chi connectivity index (χ2v) is 11.8. The molecule has 1 N–H and O–H groups in total. The van der Waals surface area contributed by atoms with Gasteiger partial charge in [0, 0.05) is 75.4 Å². The van der Waals surface area contributed by atoms with Crippen LogP contribution in [-0.2, 0) is 23.0 Å². The Kier molecular flexibility index (Phi) is 8.47. The van der Waals surface area contributed by atoms with Crippen LogP contribution in [0.1, 0.15) is 75.7 Å². The molecule has 1 aliphatic heterocycles. The van der Waals surface area contributed by atoms with Gasteiger partial charge in [0.2, 0.25) is 0 Å². The van der Waals surface area contributed by atoms with E-state index in [0.717, 1.165) is 72.2 Å². The summed E-state index contributed by atoms with van der Waals surface area (Å²) in [6, 6.07) is 3.05. The first-order valence-electron chi connectivity index (χ1n) is 14.9. The molecule has 3 aliphatic rings. The Labute approximate surface area is 238 Å². The third-order valence-corrected chi connectivity index (χ3v) is 9.33. The van der Waals surface area contributed by atoms with Crippen molar-refractivity contribution < 1.29 is 14.3 Å². The first kappa shape index (κ1) is 28.6. The topological polar surface area (TPSA) is 79.7 Å². The second kappa shape index (κ2) is 11.9. The Morgan fingerprint density at radius 2 is 1.90 bits per heavy atom. The largest absolute Gasteiger partial charge is 0.379 e. The zero-order valence-corrected chi connectivity index (χ0v) is 25.0. The molecule has 8 heteroatoms. The smallest absolute Gasteiger partial charge is 0.251 e. The van der Waals surface area contributed by atoms with Crippen LogP contribution in [-0.4, -0.2) is 77.8 Å². The van der Waals surface area contributed by atoms with Gasteiger partial charge in [-0.15, -0.1) is 0 Å². The lowest BCUT2D eigenvalue weighted by Gasteiger charge is -2.47. The molecule has 2 aromatic rings. The van der Waals surface area contributed by atoms with Crippen molar-refractivity contribution in [2.45, 2.75) is 84.4 Å². The summed E-state index contributed by atoms with van der Waals surface area (Å²) in [5.74, 6) is -0.0363. The maximum absolute atomic E-state index is 13.7. The third-order valence-electron chi connectivity index (χ3n) is 9.33. The number of carbonyl (C=O) groups excluding carboxylic acids is 2. The molecule has 0 unspecified atom stereocenters. The van der Waals surface area contributed by atoms with Crippen molar-refractivity contribution in [2.75, 3.05) is 38.2 Å². The highest BCUT2D eigenvalue weighted by Gasteiger charge is 2.36. The molecule has 0 atom stereocenters. The molecule has 1 aromatic heterocycles. The minimum atomic E-state index is -0.134. The van der Waals surface area contributed by atoms with Crippen LogP contribution in [0.2, 0.25) is 0 Å². The van der Waals surface area contributed by atoms with Gasteiger partial charge in [-0.05, 0) is 70.1 Å². The zero-order valence-electron chi connectivity index (χ0n) is 25.0. The number of benzene rings is 1. The molecular weight excluding hydrogens is 502 g/mol. The number of anilines is 1. The number of nitrogens with zero attached hydrogens (tertiary/aromatic N) is 4. The summed E-state index contributed by atoms with van der Waals surface area (Å²) in [5.41, 5.74) is 6.55. The van der Waals surface area contributed by atoms with E-state index in [0.29, 0.717) is 35.7 Å². The van der Waals surface area contributed by atoms with Crippen LogP contribution in [0.4, 0.5) is 5.69 Å². The summed E-state index contributed by atoms with van der Waals surface area (Å²) in [5, 5.41) is 8.78. The first-order valence-corrected chi connectivity index (χ1v) is 14.9. The number of nitrogens with one attached hydrogen (secondary N) is 1. The van der Waals surface area contributed by atoms with E-state index >= 15 is 0 Å². The number of ether oxygens (including phenoxy) is 1. The number of allylic oxidation sites excluding steroid dienone is 3. The highest BCUT2D eigenvalue weighted by molar-refractivity contribution is 6.06. The van der Waals surface area contributed by atoms with Crippen molar-refractivity contribution in [3.05, 3.63) is 46.2 Å². The fourth-order valence-electron chi connectivity index (χ4n) is 7.04. The van der Waals surface area contributed by atoms with Crippen LogP contribution in [0, 0.1) is 0 Å². The normalized spacial score (nSPS) is 22.4. The lowest BCUT2D eigenvalue weighted by molar-refractivity contribution is -0.115. The maximum Gasteiger partial charge on any atom is 0.251 e. The van der Waals surface area contributed by atoms with E-state index in [1.165, 1.54) is 12.8 Å². The fraction of sp³-hybridized carbons (Fsp3) is 0.594. The van der Waals surface area contributed by atoms with E-state index in [1.54, 1.807) is 0 Å². The predicted molar refractivity (Wildman–Crippen MR) is 160 cm³/mol. The van der Waals surface area contributed by atoms with E-state index in [9.17, 15) is 9.59 Å². The summed E-state index contributed by atoms with van der Waals surface area (Å²) in [7, 11) is 3.74. The monoisotopic (exact) mass is 547 g/mol. The van der Waals surface area contributed by atoms with Crippen molar-refractivity contribution in [1.29, 1.82) is 0 Å². The van der Waals surface area contributed by atoms with Crippen molar-refractivity contribution in [3.63, 3.8) is 0 Å². The molecule has 1 amide bonds. The molecule has 1 aromatic carbocycles. The maximum atomic E-state index is 13.7. The predicted octanol–water partition coefficient (Wildman–Crippen LogP) is 4.57. The first-order chi connectivity index (χ1) is 19.2. The number of hydrogen-bond acceptors (Lipinski definition) is 6. The number of aromatic nitrogens is 2. The van der Waals surface area contributed by atoms with Gasteiger partial charge < -0.3 is 15.0 Å².